The van der Waals surface area contributed by atoms with Gasteiger partial charge in [-0.2, -0.15) is 0 Å². The lowest BCUT2D eigenvalue weighted by molar-refractivity contribution is -0.114. The van der Waals surface area contributed by atoms with Crippen molar-refractivity contribution in [2.24, 2.45) is 10.9 Å². The van der Waals surface area contributed by atoms with Crippen molar-refractivity contribution in [1.29, 1.82) is 0 Å². The molecule has 3 amide bonds. The fraction of sp³-hybridized carbons (Fsp3) is 0.250. The van der Waals surface area contributed by atoms with Gasteiger partial charge in [-0.3, -0.25) is 10.1 Å². The van der Waals surface area contributed by atoms with Gasteiger partial charge < -0.3 is 16.3 Å². The van der Waals surface area contributed by atoms with Gasteiger partial charge in [0.25, 0.3) is 5.91 Å². The molecule has 7 nitrogen and oxygen atoms in total. The smallest absolute Gasteiger partial charge is 0.323 e. The number of hydrogen-bond acceptors (Lipinski definition) is 5. The molecule has 0 bridgehead atoms. The number of carbonyl (C=O) groups is 2. The lowest BCUT2D eigenvalue weighted by atomic mass is 10.2. The molecule has 0 aromatic rings. The van der Waals surface area contributed by atoms with Gasteiger partial charge in [-0.25, -0.2) is 4.79 Å². The molecule has 0 aromatic carbocycles. The second kappa shape index (κ2) is 2.54. The Hall–Kier alpha value is -1.63. The predicted molar refractivity (Wildman–Crippen MR) is 33.9 cm³/mol. The summed E-state index contributed by atoms with van der Waals surface area (Å²) in [5.74, 6) is -0.788. The number of nitrogens with one attached hydrogen (secondary N) is 2. The van der Waals surface area contributed by atoms with Crippen molar-refractivity contribution in [3.63, 3.8) is 0 Å². The molecule has 0 aromatic heterocycles. The molecule has 1 unspecified atom stereocenters. The molecule has 7 heteroatoms. The zero-order chi connectivity index (χ0) is 8.43. The number of imide groups is 1. The topological polar surface area (TPSA) is 117 Å². The summed E-state index contributed by atoms with van der Waals surface area (Å²) in [7, 11) is 0. The van der Waals surface area contributed by atoms with E-state index in [-0.39, 0.29) is 5.71 Å². The van der Waals surface area contributed by atoms with Crippen LogP contribution in [0.4, 0.5) is 4.79 Å². The largest absolute Gasteiger partial charge is 0.410 e. The van der Waals surface area contributed by atoms with Gasteiger partial charge in [-0.1, -0.05) is 5.16 Å². The van der Waals surface area contributed by atoms with Crippen LogP contribution in [-0.2, 0) is 4.79 Å². The van der Waals surface area contributed by atoms with E-state index in [0.717, 1.165) is 0 Å². The normalized spacial score (nSPS) is 28.1. The number of carbonyl (C=O) groups excluding carboxylic acids is 2. The van der Waals surface area contributed by atoms with Gasteiger partial charge in [0.15, 0.2) is 5.71 Å². The van der Waals surface area contributed by atoms with Crippen LogP contribution in [0.1, 0.15) is 0 Å². The van der Waals surface area contributed by atoms with Crippen molar-refractivity contribution in [2.45, 2.75) is 6.17 Å². The van der Waals surface area contributed by atoms with Gasteiger partial charge in [0.05, 0.1) is 0 Å². The maximum Gasteiger partial charge on any atom is 0.323 e. The second-order valence-corrected chi connectivity index (χ2v) is 1.89. The highest BCUT2D eigenvalue weighted by molar-refractivity contribution is 6.44. The Balaban J connectivity index is 2.83. The number of amides is 3. The van der Waals surface area contributed by atoms with Crippen LogP contribution < -0.4 is 16.4 Å². The van der Waals surface area contributed by atoms with Crippen LogP contribution in [0.25, 0.3) is 0 Å². The third kappa shape index (κ3) is 1.27. The molecule has 0 spiro atoms. The highest BCUT2D eigenvalue weighted by atomic mass is 16.4. The molecule has 5 N–H and O–H groups in total. The zero-order valence-electron chi connectivity index (χ0n) is 5.37. The molecule has 1 fully saturated rings. The molecule has 1 atom stereocenters. The van der Waals surface area contributed by atoms with Crippen molar-refractivity contribution in [1.82, 2.24) is 10.6 Å². The summed E-state index contributed by atoms with van der Waals surface area (Å²) >= 11 is 0. The first-order valence-electron chi connectivity index (χ1n) is 2.74. The molecular formula is C4H6N4O3. The lowest BCUT2D eigenvalue weighted by Gasteiger charge is -2.19. The van der Waals surface area contributed by atoms with Crippen LogP contribution in [-0.4, -0.2) is 29.0 Å². The Morgan fingerprint density at radius 1 is 1.55 bits per heavy atom. The van der Waals surface area contributed by atoms with E-state index in [4.69, 9.17) is 10.9 Å². The van der Waals surface area contributed by atoms with E-state index in [0.29, 0.717) is 0 Å². The summed E-state index contributed by atoms with van der Waals surface area (Å²) in [5.41, 5.74) is 4.87. The fourth-order valence-electron chi connectivity index (χ4n) is 0.662. The van der Waals surface area contributed by atoms with Crippen molar-refractivity contribution in [3.8, 4) is 0 Å². The Kier molecular flexibility index (Phi) is 1.73. The van der Waals surface area contributed by atoms with Crippen molar-refractivity contribution in [2.75, 3.05) is 0 Å². The highest BCUT2D eigenvalue weighted by Crippen LogP contribution is 1.88. The number of urea groups is 1. The summed E-state index contributed by atoms with van der Waals surface area (Å²) in [5, 5.41) is 14.8. The monoisotopic (exact) mass is 158 g/mol. The van der Waals surface area contributed by atoms with Crippen LogP contribution in [0, 0.1) is 0 Å². The molecule has 1 saturated heterocycles. The van der Waals surface area contributed by atoms with Crippen LogP contribution >= 0.6 is 0 Å². The van der Waals surface area contributed by atoms with E-state index in [1.807, 2.05) is 5.32 Å². The molecule has 60 valence electrons. The zero-order valence-corrected chi connectivity index (χ0v) is 5.37. The van der Waals surface area contributed by atoms with Crippen molar-refractivity contribution in [3.05, 3.63) is 0 Å². The van der Waals surface area contributed by atoms with Crippen molar-refractivity contribution < 1.29 is 14.8 Å². The summed E-state index contributed by atoms with van der Waals surface area (Å²) in [6.45, 7) is 0. The minimum atomic E-state index is -1.04. The summed E-state index contributed by atoms with van der Waals surface area (Å²) in [6.07, 6.45) is -1.04. The SMILES string of the molecule is NC1NC(=O)NC(=O)/C1=N\O. The molecule has 0 aliphatic carbocycles. The Morgan fingerprint density at radius 2 is 2.18 bits per heavy atom. The van der Waals surface area contributed by atoms with Crippen LogP contribution in [0.3, 0.4) is 0 Å². The fourth-order valence-corrected chi connectivity index (χ4v) is 0.662. The lowest BCUT2D eigenvalue weighted by Crippen LogP contribution is -2.62. The van der Waals surface area contributed by atoms with Gasteiger partial charge in [0, 0.05) is 0 Å². The molecule has 1 aliphatic rings. The molecule has 1 rings (SSSR count). The quantitative estimate of drug-likeness (QED) is 0.239. The Bertz CT molecular complexity index is 235. The third-order valence-electron chi connectivity index (χ3n) is 1.15. The van der Waals surface area contributed by atoms with Crippen LogP contribution in [0.2, 0.25) is 0 Å². The summed E-state index contributed by atoms with van der Waals surface area (Å²) in [6, 6.07) is -0.699. The summed E-state index contributed by atoms with van der Waals surface area (Å²) in [4.78, 5) is 21.2. The molecular weight excluding hydrogens is 152 g/mol. The molecule has 1 aliphatic heterocycles. The average Bonchev–Trinajstić information content (AvgIpc) is 1.85. The second-order valence-electron chi connectivity index (χ2n) is 1.89. The minimum absolute atomic E-state index is 0.315. The van der Waals surface area contributed by atoms with Crippen LogP contribution in [0.15, 0.2) is 5.16 Å². The van der Waals surface area contributed by atoms with Crippen LogP contribution in [0.5, 0.6) is 0 Å². The van der Waals surface area contributed by atoms with E-state index in [1.165, 1.54) is 0 Å². The number of hydrogen-bond donors (Lipinski definition) is 4. The highest BCUT2D eigenvalue weighted by Gasteiger charge is 2.28. The number of nitrogens with zero attached hydrogens (tertiary/aromatic N) is 1. The molecule has 0 saturated carbocycles. The van der Waals surface area contributed by atoms with E-state index in [9.17, 15) is 9.59 Å². The predicted octanol–water partition coefficient (Wildman–Crippen LogP) is -2.06. The van der Waals surface area contributed by atoms with E-state index >= 15 is 0 Å². The maximum atomic E-state index is 10.7. The number of oxime groups is 1. The first kappa shape index (κ1) is 7.48. The van der Waals surface area contributed by atoms with Gasteiger partial charge >= 0.3 is 6.03 Å². The first-order valence-corrected chi connectivity index (χ1v) is 2.74. The average molecular weight is 158 g/mol. The number of nitrogens with two attached hydrogens (primary N) is 1. The number of rotatable bonds is 0. The minimum Gasteiger partial charge on any atom is -0.410 e. The maximum absolute atomic E-state index is 10.7. The third-order valence-corrected chi connectivity index (χ3v) is 1.15. The van der Waals surface area contributed by atoms with Gasteiger partial charge in [0.2, 0.25) is 0 Å². The van der Waals surface area contributed by atoms with Gasteiger partial charge in [0.1, 0.15) is 6.17 Å². The molecule has 0 radical (unpaired) electrons. The molecule has 1 heterocycles. The van der Waals surface area contributed by atoms with E-state index in [2.05, 4.69) is 10.5 Å². The summed E-state index contributed by atoms with van der Waals surface area (Å²) < 4.78 is 0. The Labute approximate surface area is 61.2 Å². The first-order chi connectivity index (χ1) is 5.15. The standard InChI is InChI=1S/C4H6N4O3/c5-2-1(8-11)3(9)7-4(10)6-2/h2,11H,5H2,(H2,6,7,9,10)/b8-1-. The van der Waals surface area contributed by atoms with E-state index < -0.39 is 18.1 Å². The van der Waals surface area contributed by atoms with Gasteiger partial charge in [-0.05, 0) is 0 Å². The van der Waals surface area contributed by atoms with Crippen molar-refractivity contribution >= 4 is 17.6 Å². The Morgan fingerprint density at radius 3 is 2.64 bits per heavy atom. The van der Waals surface area contributed by atoms with E-state index in [1.54, 1.807) is 0 Å². The molecule has 11 heavy (non-hydrogen) atoms. The van der Waals surface area contributed by atoms with Gasteiger partial charge in [-0.15, -0.1) is 0 Å².